The van der Waals surface area contributed by atoms with Crippen LogP contribution in [0.1, 0.15) is 17.3 Å². The second kappa shape index (κ2) is 4.60. The van der Waals surface area contributed by atoms with Crippen LogP contribution < -0.4 is 10.2 Å². The van der Waals surface area contributed by atoms with Crippen molar-refractivity contribution in [3.8, 4) is 5.75 Å². The van der Waals surface area contributed by atoms with Gasteiger partial charge < -0.3 is 0 Å². The Bertz CT molecular complexity index is 321. The van der Waals surface area contributed by atoms with Crippen LogP contribution in [-0.4, -0.2) is 26.3 Å². The van der Waals surface area contributed by atoms with Crippen molar-refractivity contribution < 1.29 is 9.53 Å². The maximum atomic E-state index is 10.6. The molecule has 1 aromatic rings. The first-order valence-electron chi connectivity index (χ1n) is 4.17. The van der Waals surface area contributed by atoms with E-state index < -0.39 is 0 Å². The molecule has 0 aliphatic heterocycles. The molecule has 1 rings (SSSR count). The Morgan fingerprint density at radius 3 is 2.92 bits per heavy atom. The van der Waals surface area contributed by atoms with Crippen LogP contribution in [0.2, 0.25) is 0 Å². The van der Waals surface area contributed by atoms with Gasteiger partial charge in [0.2, 0.25) is 0 Å². The summed E-state index contributed by atoms with van der Waals surface area (Å²) in [5, 5.41) is 0. The zero-order chi connectivity index (χ0) is 9.68. The van der Waals surface area contributed by atoms with Crippen molar-refractivity contribution >= 4 is 25.1 Å². The summed E-state index contributed by atoms with van der Waals surface area (Å²) in [6, 6.07) is 5.36. The van der Waals surface area contributed by atoms with Crippen LogP contribution in [-0.2, 0) is 0 Å². The average Bonchev–Trinajstić information content (AvgIpc) is 2.18. The fourth-order valence-corrected chi connectivity index (χ4v) is 1.16. The molecule has 0 saturated heterocycles. The molecule has 0 amide bonds. The second-order valence-electron chi connectivity index (χ2n) is 2.51. The van der Waals surface area contributed by atoms with Gasteiger partial charge in [-0.15, -0.1) is 0 Å². The van der Waals surface area contributed by atoms with Crippen LogP contribution in [0.5, 0.6) is 5.75 Å². The maximum absolute atomic E-state index is 10.6. The van der Waals surface area contributed by atoms with Crippen molar-refractivity contribution in [2.24, 2.45) is 0 Å². The number of carbonyl (C=O) groups is 1. The Balaban J connectivity index is 3.18. The Morgan fingerprint density at radius 1 is 1.62 bits per heavy atom. The first-order valence-corrected chi connectivity index (χ1v) is 4.17. The minimum atomic E-state index is 0.586. The summed E-state index contributed by atoms with van der Waals surface area (Å²) in [7, 11) is 0. The van der Waals surface area contributed by atoms with Crippen molar-refractivity contribution in [3.05, 3.63) is 23.8 Å². The van der Waals surface area contributed by atoms with Crippen LogP contribution in [0.3, 0.4) is 0 Å². The molecule has 13 heavy (non-hydrogen) atoms. The van der Waals surface area contributed by atoms with Gasteiger partial charge in [0.1, 0.15) is 0 Å². The Morgan fingerprint density at radius 2 is 2.38 bits per heavy atom. The standard InChI is InChI=1S/C10H11BO2/c1-3-13-9-6-4-5-8(7-12)10(9)11-2/h4-7H,2-3H2,1H3. The number of carbonyl (C=O) groups excluding carboxylic acids is 1. The van der Waals surface area contributed by atoms with Gasteiger partial charge in [0, 0.05) is 0 Å². The summed E-state index contributed by atoms with van der Waals surface area (Å²) in [6.45, 7) is 7.77. The molecule has 0 saturated carbocycles. The summed E-state index contributed by atoms with van der Waals surface area (Å²) >= 11 is 0. The van der Waals surface area contributed by atoms with E-state index in [0.717, 1.165) is 11.7 Å². The van der Waals surface area contributed by atoms with Crippen LogP contribution in [0.25, 0.3) is 0 Å². The van der Waals surface area contributed by atoms with E-state index in [2.05, 4.69) is 6.47 Å². The molecule has 0 aliphatic carbocycles. The Hall–Kier alpha value is -1.38. The van der Waals surface area contributed by atoms with E-state index in [1.807, 2.05) is 13.0 Å². The van der Waals surface area contributed by atoms with E-state index in [9.17, 15) is 4.79 Å². The van der Waals surface area contributed by atoms with Crippen molar-refractivity contribution in [2.75, 3.05) is 6.61 Å². The van der Waals surface area contributed by atoms with Crippen molar-refractivity contribution in [2.45, 2.75) is 6.92 Å². The van der Waals surface area contributed by atoms with E-state index in [4.69, 9.17) is 4.74 Å². The SMILES string of the molecule is C=Bc1c(C=O)cccc1OCC. The number of ether oxygens (including phenoxy) is 1. The molecule has 0 bridgehead atoms. The summed E-state index contributed by atoms with van der Waals surface area (Å²) in [5.41, 5.74) is 1.38. The fourth-order valence-electron chi connectivity index (χ4n) is 1.16. The zero-order valence-corrected chi connectivity index (χ0v) is 7.62. The molecule has 2 nitrogen and oxygen atoms in total. The van der Waals surface area contributed by atoms with E-state index in [0.29, 0.717) is 17.9 Å². The number of hydrogen-bond donors (Lipinski definition) is 0. The van der Waals surface area contributed by atoms with E-state index in [-0.39, 0.29) is 0 Å². The van der Waals surface area contributed by atoms with Gasteiger partial charge in [-0.05, 0) is 0 Å². The van der Waals surface area contributed by atoms with Gasteiger partial charge in [0.05, 0.1) is 0 Å². The van der Waals surface area contributed by atoms with Crippen molar-refractivity contribution in [1.82, 2.24) is 0 Å². The summed E-state index contributed by atoms with van der Waals surface area (Å²) in [5.74, 6) is 0.710. The van der Waals surface area contributed by atoms with Crippen molar-refractivity contribution in [3.63, 3.8) is 0 Å². The molecule has 1 aromatic carbocycles. The number of benzene rings is 1. The molecular weight excluding hydrogens is 163 g/mol. The minimum absolute atomic E-state index is 0.586. The first-order chi connectivity index (χ1) is 6.33. The van der Waals surface area contributed by atoms with E-state index >= 15 is 0 Å². The summed E-state index contributed by atoms with van der Waals surface area (Å²) in [4.78, 5) is 10.6. The number of aldehydes is 1. The molecule has 0 fully saturated rings. The molecule has 66 valence electrons. The normalized spacial score (nSPS) is 9.00. The third-order valence-corrected chi connectivity index (χ3v) is 1.73. The van der Waals surface area contributed by atoms with Gasteiger partial charge in [-0.25, -0.2) is 0 Å². The van der Waals surface area contributed by atoms with Gasteiger partial charge >= 0.3 is 77.7 Å². The fraction of sp³-hybridized carbons (Fsp3) is 0.200. The molecule has 0 unspecified atom stereocenters. The van der Waals surface area contributed by atoms with Gasteiger partial charge in [0.15, 0.2) is 0 Å². The van der Waals surface area contributed by atoms with E-state index in [1.54, 1.807) is 19.1 Å². The zero-order valence-electron chi connectivity index (χ0n) is 7.62. The van der Waals surface area contributed by atoms with Crippen LogP contribution in [0.15, 0.2) is 18.2 Å². The quantitative estimate of drug-likeness (QED) is 0.495. The van der Waals surface area contributed by atoms with Crippen LogP contribution in [0.4, 0.5) is 0 Å². The Labute approximate surface area is 78.4 Å². The van der Waals surface area contributed by atoms with E-state index in [1.165, 1.54) is 0 Å². The van der Waals surface area contributed by atoms with Gasteiger partial charge in [-0.2, -0.15) is 0 Å². The Kier molecular flexibility index (Phi) is 3.44. The predicted molar refractivity (Wildman–Crippen MR) is 55.5 cm³/mol. The molecule has 0 atom stereocenters. The van der Waals surface area contributed by atoms with Gasteiger partial charge in [0.25, 0.3) is 0 Å². The molecule has 0 spiro atoms. The van der Waals surface area contributed by atoms with Gasteiger partial charge in [-0.1, -0.05) is 0 Å². The van der Waals surface area contributed by atoms with Gasteiger partial charge in [-0.3, -0.25) is 0 Å². The molecule has 3 heteroatoms. The second-order valence-corrected chi connectivity index (χ2v) is 2.51. The monoisotopic (exact) mass is 174 g/mol. The third-order valence-electron chi connectivity index (χ3n) is 1.73. The topological polar surface area (TPSA) is 26.3 Å². The molecule has 0 radical (unpaired) electrons. The molecule has 0 heterocycles. The number of rotatable bonds is 4. The first kappa shape index (κ1) is 9.71. The summed E-state index contributed by atoms with van der Waals surface area (Å²) in [6.07, 6.45) is 0.805. The molecule has 0 aliphatic rings. The van der Waals surface area contributed by atoms with Crippen LogP contribution >= 0.6 is 0 Å². The summed E-state index contributed by atoms with van der Waals surface area (Å²) < 4.78 is 5.34. The molecule has 0 N–H and O–H groups in total. The van der Waals surface area contributed by atoms with Crippen molar-refractivity contribution in [1.29, 1.82) is 0 Å². The number of hydrogen-bond acceptors (Lipinski definition) is 2. The molecular formula is C10H11BO2. The predicted octanol–water partition coefficient (Wildman–Crippen LogP) is 0.659. The van der Waals surface area contributed by atoms with Crippen LogP contribution in [0, 0.1) is 0 Å². The average molecular weight is 174 g/mol. The third kappa shape index (κ3) is 2.05. The molecule has 0 aromatic heterocycles.